The van der Waals surface area contributed by atoms with Gasteiger partial charge in [0.05, 0.1) is 17.2 Å². The first-order chi connectivity index (χ1) is 18.6. The van der Waals surface area contributed by atoms with E-state index in [-0.39, 0.29) is 23.0 Å². The van der Waals surface area contributed by atoms with E-state index in [0.29, 0.717) is 25.8 Å². The number of carboxylic acid groups (broad SMARTS) is 1. The van der Waals surface area contributed by atoms with Gasteiger partial charge in [-0.2, -0.15) is 5.10 Å². The van der Waals surface area contributed by atoms with Crippen LogP contribution in [0.2, 0.25) is 0 Å². The van der Waals surface area contributed by atoms with Crippen LogP contribution in [0.25, 0.3) is 0 Å². The molecule has 2 aliphatic heterocycles. The number of carbonyl (C=O) groups is 3. The van der Waals surface area contributed by atoms with Crippen molar-refractivity contribution in [3.05, 3.63) is 76.1 Å². The molecule has 0 spiro atoms. The van der Waals surface area contributed by atoms with Crippen molar-refractivity contribution in [2.45, 2.75) is 31.5 Å². The maximum absolute atomic E-state index is 13.1. The quantitative estimate of drug-likeness (QED) is 0.257. The summed E-state index contributed by atoms with van der Waals surface area (Å²) in [5.74, 6) is -4.47. The third-order valence-electron chi connectivity index (χ3n) is 7.08. The number of phenols is 3. The predicted octanol–water partition coefficient (Wildman–Crippen LogP) is 1.68. The lowest BCUT2D eigenvalue weighted by molar-refractivity contribution is -0.129. The molecular weight excluding hydrogens is 508 g/mol. The number of hydrogen-bond acceptors (Lipinski definition) is 10. The van der Waals surface area contributed by atoms with Crippen molar-refractivity contribution in [2.24, 2.45) is 11.0 Å². The van der Waals surface area contributed by atoms with E-state index >= 15 is 0 Å². The first kappa shape index (κ1) is 25.9. The summed E-state index contributed by atoms with van der Waals surface area (Å²) in [5, 5.41) is 58.5. The SMILES string of the molecule is O=C(O)c1ccc(O)c(C(=O)c2c(O)cc(C(O)N3CCCC3C(=O)NC3=CC=C4NN=CC4C3)cc2O)c1. The van der Waals surface area contributed by atoms with E-state index < -0.39 is 52.4 Å². The molecule has 7 N–H and O–H groups in total. The number of nitrogens with zero attached hydrogens (tertiary/aromatic N) is 2. The van der Waals surface area contributed by atoms with Crippen molar-refractivity contribution in [1.82, 2.24) is 15.6 Å². The maximum atomic E-state index is 13.1. The summed E-state index contributed by atoms with van der Waals surface area (Å²) in [4.78, 5) is 38.9. The highest BCUT2D eigenvalue weighted by Crippen LogP contribution is 2.37. The zero-order valence-electron chi connectivity index (χ0n) is 20.5. The zero-order valence-corrected chi connectivity index (χ0v) is 20.5. The van der Waals surface area contributed by atoms with Gasteiger partial charge in [-0.25, -0.2) is 4.79 Å². The summed E-state index contributed by atoms with van der Waals surface area (Å²) in [7, 11) is 0. The summed E-state index contributed by atoms with van der Waals surface area (Å²) in [5.41, 5.74) is 3.36. The molecule has 39 heavy (non-hydrogen) atoms. The van der Waals surface area contributed by atoms with Crippen LogP contribution in [0.5, 0.6) is 17.2 Å². The lowest BCUT2D eigenvalue weighted by atomic mass is 9.96. The molecule has 5 rings (SSSR count). The molecule has 2 aromatic rings. The van der Waals surface area contributed by atoms with E-state index in [1.165, 1.54) is 4.90 Å². The van der Waals surface area contributed by atoms with Gasteiger partial charge in [0.25, 0.3) is 0 Å². The van der Waals surface area contributed by atoms with Crippen LogP contribution in [0, 0.1) is 5.92 Å². The summed E-state index contributed by atoms with van der Waals surface area (Å²) in [6, 6.07) is 4.57. The van der Waals surface area contributed by atoms with Gasteiger partial charge in [0.2, 0.25) is 11.7 Å². The Kier molecular flexibility index (Phi) is 6.81. The number of likely N-dealkylation sites (tertiary alicyclic amines) is 1. The molecule has 202 valence electrons. The molecule has 0 aromatic heterocycles. The highest BCUT2D eigenvalue weighted by Gasteiger charge is 2.37. The number of aliphatic hydroxyl groups is 1. The van der Waals surface area contributed by atoms with Crippen molar-refractivity contribution >= 4 is 23.9 Å². The van der Waals surface area contributed by atoms with E-state index in [1.807, 2.05) is 6.08 Å². The molecule has 3 aliphatic rings. The molecular formula is C27H26N4O8. The van der Waals surface area contributed by atoms with Crippen LogP contribution in [0.1, 0.15) is 57.3 Å². The fraction of sp³-hybridized carbons (Fsp3) is 0.259. The Bertz CT molecular complexity index is 1440. The number of benzene rings is 2. The van der Waals surface area contributed by atoms with Crippen molar-refractivity contribution < 1.29 is 39.9 Å². The van der Waals surface area contributed by atoms with E-state index in [4.69, 9.17) is 0 Å². The van der Waals surface area contributed by atoms with Gasteiger partial charge in [-0.1, -0.05) is 0 Å². The zero-order chi connectivity index (χ0) is 27.8. The fourth-order valence-corrected chi connectivity index (χ4v) is 5.07. The standard InChI is InChI=1S/C27H26N4O8/c32-20-6-3-13(27(38)39)9-17(20)24(35)23-21(33)10-14(11-22(23)34)26(37)31-7-1-2-19(31)25(36)29-16-4-5-18-15(8-16)12-28-30-18/h3-6,9-12,15,19,26,30,32-34,37H,1-2,7-8H2,(H,29,36)(H,38,39). The number of nitrogens with one attached hydrogen (secondary N) is 2. The van der Waals surface area contributed by atoms with Crippen LogP contribution in [-0.4, -0.2) is 66.9 Å². The van der Waals surface area contributed by atoms with Crippen molar-refractivity contribution in [2.75, 3.05) is 6.54 Å². The number of allylic oxidation sites excluding steroid dienone is 4. The van der Waals surface area contributed by atoms with Crippen molar-refractivity contribution in [1.29, 1.82) is 0 Å². The van der Waals surface area contributed by atoms with Crippen molar-refractivity contribution in [3.8, 4) is 17.2 Å². The average Bonchev–Trinajstić information content (AvgIpc) is 3.57. The molecule has 1 saturated heterocycles. The molecule has 2 heterocycles. The van der Waals surface area contributed by atoms with Crippen molar-refractivity contribution in [3.63, 3.8) is 0 Å². The number of fused-ring (bicyclic) bond motifs is 1. The van der Waals surface area contributed by atoms with E-state index in [2.05, 4.69) is 15.8 Å². The Labute approximate surface area is 222 Å². The maximum Gasteiger partial charge on any atom is 0.335 e. The Morgan fingerprint density at radius 3 is 2.51 bits per heavy atom. The van der Waals surface area contributed by atoms with Gasteiger partial charge in [0.1, 0.15) is 29.0 Å². The summed E-state index contributed by atoms with van der Waals surface area (Å²) < 4.78 is 0. The summed E-state index contributed by atoms with van der Waals surface area (Å²) in [6.07, 6.45) is 5.73. The van der Waals surface area contributed by atoms with Gasteiger partial charge in [-0.05, 0) is 55.3 Å². The molecule has 12 heteroatoms. The molecule has 1 amide bonds. The van der Waals surface area contributed by atoms with Gasteiger partial charge in [-0.3, -0.25) is 19.9 Å². The number of ketones is 1. The molecule has 3 atom stereocenters. The Hall–Kier alpha value is -4.68. The molecule has 0 saturated carbocycles. The minimum absolute atomic E-state index is 0.0439. The molecule has 1 aliphatic carbocycles. The third-order valence-corrected chi connectivity index (χ3v) is 7.08. The van der Waals surface area contributed by atoms with Crippen LogP contribution in [-0.2, 0) is 4.79 Å². The topological polar surface area (TPSA) is 192 Å². The molecule has 0 bridgehead atoms. The lowest BCUT2D eigenvalue weighted by Gasteiger charge is -2.30. The van der Waals surface area contributed by atoms with Crippen LogP contribution in [0.4, 0.5) is 0 Å². The predicted molar refractivity (Wildman–Crippen MR) is 137 cm³/mol. The number of hydrazone groups is 1. The first-order valence-corrected chi connectivity index (χ1v) is 12.3. The number of aromatic hydroxyl groups is 3. The highest BCUT2D eigenvalue weighted by atomic mass is 16.4. The number of aliphatic hydroxyl groups excluding tert-OH is 1. The second-order valence-electron chi connectivity index (χ2n) is 9.57. The molecule has 2 aromatic carbocycles. The van der Waals surface area contributed by atoms with Gasteiger partial charge in [-0.15, -0.1) is 0 Å². The van der Waals surface area contributed by atoms with E-state index in [0.717, 1.165) is 41.7 Å². The molecule has 3 unspecified atom stereocenters. The monoisotopic (exact) mass is 534 g/mol. The minimum atomic E-state index is -1.38. The average molecular weight is 535 g/mol. The minimum Gasteiger partial charge on any atom is -0.507 e. The van der Waals surface area contributed by atoms with E-state index in [1.54, 1.807) is 12.3 Å². The van der Waals surface area contributed by atoms with Crippen LogP contribution >= 0.6 is 0 Å². The van der Waals surface area contributed by atoms with Crippen LogP contribution in [0.3, 0.4) is 0 Å². The Balaban J connectivity index is 1.34. The fourth-order valence-electron chi connectivity index (χ4n) is 5.07. The second kappa shape index (κ2) is 10.2. The number of rotatable bonds is 7. The molecule has 1 fully saturated rings. The number of phenolic OH excluding ortho intramolecular Hbond substituents is 3. The highest BCUT2D eigenvalue weighted by molar-refractivity contribution is 6.14. The van der Waals surface area contributed by atoms with Gasteiger partial charge < -0.3 is 30.8 Å². The Morgan fingerprint density at radius 1 is 1.05 bits per heavy atom. The van der Waals surface area contributed by atoms with Gasteiger partial charge in [0, 0.05) is 42.1 Å². The first-order valence-electron chi connectivity index (χ1n) is 12.3. The summed E-state index contributed by atoms with van der Waals surface area (Å²) >= 11 is 0. The number of amides is 1. The third kappa shape index (κ3) is 4.94. The number of carboxylic acids is 1. The molecule has 12 nitrogen and oxygen atoms in total. The summed E-state index contributed by atoms with van der Waals surface area (Å²) in [6.45, 7) is 0.375. The normalized spacial score (nSPS) is 20.9. The molecule has 0 radical (unpaired) electrons. The Morgan fingerprint density at radius 2 is 1.79 bits per heavy atom. The largest absolute Gasteiger partial charge is 0.507 e. The number of hydrogen-bond donors (Lipinski definition) is 7. The van der Waals surface area contributed by atoms with Crippen LogP contribution < -0.4 is 10.7 Å². The van der Waals surface area contributed by atoms with Gasteiger partial charge in [0.15, 0.2) is 0 Å². The van der Waals surface area contributed by atoms with Gasteiger partial charge >= 0.3 is 5.97 Å². The lowest BCUT2D eigenvalue weighted by Crippen LogP contribution is -2.44. The number of aromatic carboxylic acids is 1. The van der Waals surface area contributed by atoms with Crippen LogP contribution in [0.15, 0.2) is 59.0 Å². The smallest absolute Gasteiger partial charge is 0.335 e. The second-order valence-corrected chi connectivity index (χ2v) is 9.57. The number of carbonyl (C=O) groups excluding carboxylic acids is 2. The van der Waals surface area contributed by atoms with E-state index in [9.17, 15) is 39.9 Å².